The van der Waals surface area contributed by atoms with Crippen LogP contribution in [0, 0.1) is 0 Å². The maximum atomic E-state index is 12.5. The molecule has 2 heterocycles. The van der Waals surface area contributed by atoms with Gasteiger partial charge < -0.3 is 26.8 Å². The molecule has 11 heteroatoms. The minimum absolute atomic E-state index is 0.0369. The monoisotopic (exact) mass is 412 g/mol. The third-order valence-corrected chi connectivity index (χ3v) is 3.93. The fourth-order valence-electron chi connectivity index (χ4n) is 2.70. The normalized spacial score (nSPS) is 13.4. The summed E-state index contributed by atoms with van der Waals surface area (Å²) in [7, 11) is 0. The minimum atomic E-state index is -4.84. The lowest BCUT2D eigenvalue weighted by molar-refractivity contribution is -0.186. The lowest BCUT2D eigenvalue weighted by Gasteiger charge is -2.30. The Balaban J connectivity index is 0.000000313. The number of carbonyl (C=O) groups excluding carboxylic acids is 1. The van der Waals surface area contributed by atoms with Crippen LogP contribution < -0.4 is 21.9 Å². The Morgan fingerprint density at radius 1 is 1.21 bits per heavy atom. The number of halogens is 3. The van der Waals surface area contributed by atoms with Crippen LogP contribution in [0.5, 0.6) is 5.75 Å². The summed E-state index contributed by atoms with van der Waals surface area (Å²) < 4.78 is 43.0. The van der Waals surface area contributed by atoms with Crippen molar-refractivity contribution in [1.29, 1.82) is 0 Å². The summed E-state index contributed by atoms with van der Waals surface area (Å²) in [6.07, 6.45) is -3.08. The van der Waals surface area contributed by atoms with Crippen LogP contribution >= 0.6 is 0 Å². The highest BCUT2D eigenvalue weighted by molar-refractivity contribution is 5.82. The largest absolute Gasteiger partial charge is 0.489 e. The van der Waals surface area contributed by atoms with Gasteiger partial charge in [0.15, 0.2) is 0 Å². The van der Waals surface area contributed by atoms with E-state index in [0.29, 0.717) is 29.2 Å². The highest BCUT2D eigenvalue weighted by Crippen LogP contribution is 2.31. The number of nitrogens with zero attached hydrogens (tertiary/aromatic N) is 3. The molecule has 29 heavy (non-hydrogen) atoms. The first kappa shape index (κ1) is 22.1. The second-order valence-electron chi connectivity index (χ2n) is 6.64. The van der Waals surface area contributed by atoms with Crippen molar-refractivity contribution < 1.29 is 22.7 Å². The van der Waals surface area contributed by atoms with Crippen molar-refractivity contribution >= 4 is 23.4 Å². The molecule has 0 atom stereocenters. The molecule has 1 aliphatic rings. The number of alkyl halides is 3. The van der Waals surface area contributed by atoms with Gasteiger partial charge >= 0.3 is 12.1 Å². The van der Waals surface area contributed by atoms with Crippen LogP contribution in [0.1, 0.15) is 25.0 Å². The van der Waals surface area contributed by atoms with E-state index in [1.165, 1.54) is 6.20 Å². The number of amides is 1. The number of nitrogens with two attached hydrogens (primary N) is 3. The zero-order chi connectivity index (χ0) is 21.8. The first-order valence-corrected chi connectivity index (χ1v) is 8.75. The molecule has 2 aromatic rings. The molecule has 0 radical (unpaired) electrons. The van der Waals surface area contributed by atoms with Crippen molar-refractivity contribution in [3.05, 3.63) is 35.5 Å². The van der Waals surface area contributed by atoms with E-state index in [2.05, 4.69) is 9.97 Å². The van der Waals surface area contributed by atoms with E-state index in [4.69, 9.17) is 21.9 Å². The van der Waals surface area contributed by atoms with E-state index in [1.807, 2.05) is 13.8 Å². The number of nitrogen functional groups attached to an aromatic ring is 3. The second kappa shape index (κ2) is 8.84. The summed E-state index contributed by atoms with van der Waals surface area (Å²) in [5, 5.41) is 0. The Morgan fingerprint density at radius 2 is 1.90 bits per heavy atom. The van der Waals surface area contributed by atoms with Crippen LogP contribution in [0.3, 0.4) is 0 Å². The number of hydrogen-bond acceptors (Lipinski definition) is 7. The van der Waals surface area contributed by atoms with Gasteiger partial charge in [-0.25, -0.2) is 4.98 Å². The highest BCUT2D eigenvalue weighted by Gasteiger charge is 2.43. The van der Waals surface area contributed by atoms with Crippen LogP contribution in [0.25, 0.3) is 0 Å². The Hall–Kier alpha value is -3.24. The maximum absolute atomic E-state index is 12.5. The Bertz CT molecular complexity index is 856. The van der Waals surface area contributed by atoms with Crippen molar-refractivity contribution in [2.45, 2.75) is 39.1 Å². The molecule has 0 bridgehead atoms. The number of anilines is 3. The van der Waals surface area contributed by atoms with Crippen molar-refractivity contribution in [2.75, 3.05) is 23.7 Å². The maximum Gasteiger partial charge on any atom is 0.471 e. The zero-order valence-corrected chi connectivity index (χ0v) is 16.0. The smallest absolute Gasteiger partial charge is 0.471 e. The summed E-state index contributed by atoms with van der Waals surface area (Å²) in [6.45, 7) is 3.62. The first-order chi connectivity index (χ1) is 13.5. The van der Waals surface area contributed by atoms with E-state index in [9.17, 15) is 18.0 Å². The Morgan fingerprint density at radius 3 is 2.41 bits per heavy atom. The summed E-state index contributed by atoms with van der Waals surface area (Å²) in [5.41, 5.74) is 18.2. The first-order valence-electron chi connectivity index (χ1n) is 8.75. The van der Waals surface area contributed by atoms with Crippen LogP contribution in [0.15, 0.2) is 24.4 Å². The lowest BCUT2D eigenvalue weighted by Crippen LogP contribution is -2.43. The molecular weight excluding hydrogens is 389 g/mol. The van der Waals surface area contributed by atoms with E-state index >= 15 is 0 Å². The van der Waals surface area contributed by atoms with Crippen LogP contribution in [-0.2, 0) is 17.8 Å². The molecule has 0 saturated carbocycles. The van der Waals surface area contributed by atoms with Gasteiger partial charge in [-0.15, -0.1) is 0 Å². The average molecular weight is 412 g/mol. The van der Waals surface area contributed by atoms with E-state index < -0.39 is 12.1 Å². The third kappa shape index (κ3) is 6.13. The topological polar surface area (TPSA) is 133 Å². The predicted octanol–water partition coefficient (Wildman–Crippen LogP) is 2.14. The number of ether oxygens (including phenoxy) is 1. The summed E-state index contributed by atoms with van der Waals surface area (Å²) in [6, 6.07) is 4.92. The van der Waals surface area contributed by atoms with Gasteiger partial charge in [-0.2, -0.15) is 18.2 Å². The van der Waals surface area contributed by atoms with Gasteiger partial charge in [0, 0.05) is 19.3 Å². The summed E-state index contributed by atoms with van der Waals surface area (Å²) in [4.78, 5) is 19.4. The number of carbonyl (C=O) groups is 1. The van der Waals surface area contributed by atoms with Crippen LogP contribution in [0.2, 0.25) is 0 Å². The van der Waals surface area contributed by atoms with Gasteiger partial charge in [-0.1, -0.05) is 0 Å². The van der Waals surface area contributed by atoms with Gasteiger partial charge in [0.05, 0.1) is 11.8 Å². The molecule has 6 N–H and O–H groups in total. The highest BCUT2D eigenvalue weighted by atomic mass is 19.4. The molecule has 1 aliphatic heterocycles. The fourth-order valence-corrected chi connectivity index (χ4v) is 2.70. The minimum Gasteiger partial charge on any atom is -0.489 e. The standard InChI is InChI=1S/C14H17F3N2O2.C4H6N4/c1-8(2)21-12-6-10-7-19(13(20)14(15,16)17)4-3-9(10)5-11(12)18;5-3-1-2-7-4(6)8-3/h5-6,8H,3-4,7,18H2,1-2H3;1-2H,(H4,5,6,7,8). The molecule has 0 aliphatic carbocycles. The van der Waals surface area contributed by atoms with Crippen molar-refractivity contribution in [3.63, 3.8) is 0 Å². The van der Waals surface area contributed by atoms with Crippen molar-refractivity contribution in [3.8, 4) is 5.75 Å². The number of benzene rings is 1. The third-order valence-electron chi connectivity index (χ3n) is 3.93. The molecule has 0 saturated heterocycles. The molecule has 158 valence electrons. The number of aromatic nitrogens is 2. The average Bonchev–Trinajstić information content (AvgIpc) is 2.60. The Labute approximate surface area is 165 Å². The number of rotatable bonds is 2. The number of fused-ring (bicyclic) bond motifs is 1. The molecule has 0 fully saturated rings. The molecule has 8 nitrogen and oxygen atoms in total. The predicted molar refractivity (Wildman–Crippen MR) is 103 cm³/mol. The van der Waals surface area contributed by atoms with E-state index in [0.717, 1.165) is 10.5 Å². The van der Waals surface area contributed by atoms with Crippen molar-refractivity contribution in [1.82, 2.24) is 14.9 Å². The molecule has 1 aromatic heterocycles. The Kier molecular flexibility index (Phi) is 6.72. The molecule has 3 rings (SSSR count). The molecular formula is C18H23F3N6O2. The second-order valence-corrected chi connectivity index (χ2v) is 6.64. The van der Waals surface area contributed by atoms with Gasteiger partial charge in [-0.3, -0.25) is 4.79 Å². The van der Waals surface area contributed by atoms with Crippen molar-refractivity contribution in [2.24, 2.45) is 0 Å². The lowest BCUT2D eigenvalue weighted by atomic mass is 9.98. The SMILES string of the molecule is CC(C)Oc1cc2c(cc1N)CCN(C(=O)C(F)(F)F)C2.Nc1ccnc(N)n1. The molecule has 1 amide bonds. The zero-order valence-electron chi connectivity index (χ0n) is 16.0. The number of hydrogen-bond donors (Lipinski definition) is 3. The van der Waals surface area contributed by atoms with Gasteiger partial charge in [-0.05, 0) is 49.6 Å². The summed E-state index contributed by atoms with van der Waals surface area (Å²) in [5.74, 6) is -0.760. The van der Waals surface area contributed by atoms with Gasteiger partial charge in [0.1, 0.15) is 11.6 Å². The van der Waals surface area contributed by atoms with Gasteiger partial charge in [0.25, 0.3) is 0 Å². The van der Waals surface area contributed by atoms with E-state index in [1.54, 1.807) is 18.2 Å². The molecule has 0 unspecified atom stereocenters. The molecule has 0 spiro atoms. The molecule has 1 aromatic carbocycles. The van der Waals surface area contributed by atoms with Crippen LogP contribution in [0.4, 0.5) is 30.6 Å². The van der Waals surface area contributed by atoms with E-state index in [-0.39, 0.29) is 25.1 Å². The summed E-state index contributed by atoms with van der Waals surface area (Å²) >= 11 is 0. The quantitative estimate of drug-likeness (QED) is 0.644. The van der Waals surface area contributed by atoms with Crippen LogP contribution in [-0.4, -0.2) is 39.6 Å². The van der Waals surface area contributed by atoms with Gasteiger partial charge in [0.2, 0.25) is 5.95 Å². The fraction of sp³-hybridized carbons (Fsp3) is 0.389.